The van der Waals surface area contributed by atoms with Crippen LogP contribution >= 0.6 is 11.6 Å². The molecule has 0 aliphatic rings. The van der Waals surface area contributed by atoms with Crippen molar-refractivity contribution in [1.29, 1.82) is 0 Å². The maximum absolute atomic E-state index is 12.2. The maximum atomic E-state index is 12.2. The molecule has 0 saturated heterocycles. The Morgan fingerprint density at radius 1 is 1.08 bits per heavy atom. The lowest BCUT2D eigenvalue weighted by molar-refractivity contribution is -0.119. The topological polar surface area (TPSA) is 74.3 Å². The third kappa shape index (κ3) is 6.17. The molecule has 1 aromatic carbocycles. The van der Waals surface area contributed by atoms with E-state index >= 15 is 0 Å². The van der Waals surface area contributed by atoms with Crippen LogP contribution in [0.25, 0.3) is 0 Å². The predicted molar refractivity (Wildman–Crippen MR) is 99.8 cm³/mol. The molecule has 0 saturated carbocycles. The van der Waals surface area contributed by atoms with Gasteiger partial charge in [-0.3, -0.25) is 14.5 Å². The van der Waals surface area contributed by atoms with Gasteiger partial charge in [0.1, 0.15) is 5.82 Å². The zero-order valence-electron chi connectivity index (χ0n) is 14.3. The van der Waals surface area contributed by atoms with Gasteiger partial charge in [0.05, 0.1) is 18.1 Å². The second kappa shape index (κ2) is 9.15. The number of para-hydroxylation sites is 1. The number of hydrogen-bond donors (Lipinski definition) is 2. The fourth-order valence-electron chi connectivity index (χ4n) is 2.32. The minimum Gasteiger partial charge on any atom is -0.325 e. The Labute approximate surface area is 152 Å². The van der Waals surface area contributed by atoms with Crippen molar-refractivity contribution in [1.82, 2.24) is 9.88 Å². The highest BCUT2D eigenvalue weighted by molar-refractivity contribution is 6.30. The molecule has 0 bridgehead atoms. The van der Waals surface area contributed by atoms with Crippen LogP contribution in [0, 0.1) is 0 Å². The zero-order valence-corrected chi connectivity index (χ0v) is 15.0. The Morgan fingerprint density at radius 2 is 1.76 bits per heavy atom. The monoisotopic (exact) mass is 360 g/mol. The normalized spacial score (nSPS) is 10.6. The lowest BCUT2D eigenvalue weighted by Crippen LogP contribution is -2.36. The van der Waals surface area contributed by atoms with Crippen LogP contribution in [0.2, 0.25) is 5.02 Å². The Kier molecular flexibility index (Phi) is 6.91. The van der Waals surface area contributed by atoms with Crippen LogP contribution in [0.4, 0.5) is 11.5 Å². The fourth-order valence-corrected chi connectivity index (χ4v) is 2.43. The van der Waals surface area contributed by atoms with Gasteiger partial charge in [-0.15, -0.1) is 0 Å². The van der Waals surface area contributed by atoms with Crippen LogP contribution in [0.5, 0.6) is 0 Å². The molecule has 2 amide bonds. The van der Waals surface area contributed by atoms with E-state index in [1.54, 1.807) is 24.1 Å². The summed E-state index contributed by atoms with van der Waals surface area (Å²) < 4.78 is 0. The Morgan fingerprint density at radius 3 is 2.40 bits per heavy atom. The first-order chi connectivity index (χ1) is 12.0. The van der Waals surface area contributed by atoms with Crippen molar-refractivity contribution in [3.63, 3.8) is 0 Å². The summed E-state index contributed by atoms with van der Waals surface area (Å²) >= 11 is 5.75. The van der Waals surface area contributed by atoms with Gasteiger partial charge in [-0.2, -0.15) is 0 Å². The molecule has 2 aromatic rings. The molecule has 0 atom stereocenters. The van der Waals surface area contributed by atoms with Crippen LogP contribution in [0.1, 0.15) is 12.5 Å². The number of rotatable bonds is 7. The number of halogens is 1. The summed E-state index contributed by atoms with van der Waals surface area (Å²) in [6.45, 7) is 2.22. The van der Waals surface area contributed by atoms with E-state index in [0.29, 0.717) is 10.8 Å². The van der Waals surface area contributed by atoms with Gasteiger partial charge in [0.25, 0.3) is 0 Å². The summed E-state index contributed by atoms with van der Waals surface area (Å²) in [4.78, 5) is 29.8. The van der Waals surface area contributed by atoms with Gasteiger partial charge < -0.3 is 10.6 Å². The van der Waals surface area contributed by atoms with Crippen molar-refractivity contribution in [2.75, 3.05) is 30.8 Å². The first-order valence-electron chi connectivity index (χ1n) is 7.95. The van der Waals surface area contributed by atoms with Crippen molar-refractivity contribution in [2.24, 2.45) is 0 Å². The van der Waals surface area contributed by atoms with E-state index in [0.717, 1.165) is 17.7 Å². The molecule has 6 nitrogen and oxygen atoms in total. The molecule has 0 aliphatic heterocycles. The van der Waals surface area contributed by atoms with Crippen molar-refractivity contribution in [3.8, 4) is 0 Å². The smallest absolute Gasteiger partial charge is 0.239 e. The number of hydrogen-bond acceptors (Lipinski definition) is 4. The number of pyridine rings is 1. The van der Waals surface area contributed by atoms with E-state index in [1.165, 1.54) is 6.20 Å². The van der Waals surface area contributed by atoms with Gasteiger partial charge in [0.15, 0.2) is 0 Å². The maximum Gasteiger partial charge on any atom is 0.239 e. The number of likely N-dealkylation sites (N-methyl/N-ethyl adjacent to an activating group) is 1. The third-order valence-corrected chi connectivity index (χ3v) is 3.72. The van der Waals surface area contributed by atoms with Gasteiger partial charge in [0.2, 0.25) is 11.8 Å². The van der Waals surface area contributed by atoms with E-state index in [2.05, 4.69) is 15.6 Å². The SMILES string of the molecule is CCc1ccccc1NC(=O)CN(C)CC(=O)Nc1ccc(Cl)cn1. The van der Waals surface area contributed by atoms with Crippen LogP contribution < -0.4 is 10.6 Å². The molecule has 0 radical (unpaired) electrons. The van der Waals surface area contributed by atoms with Crippen LogP contribution in [-0.2, 0) is 16.0 Å². The van der Waals surface area contributed by atoms with Gasteiger partial charge in [0, 0.05) is 11.9 Å². The summed E-state index contributed by atoms with van der Waals surface area (Å²) in [5.41, 5.74) is 1.88. The number of benzene rings is 1. The second-order valence-electron chi connectivity index (χ2n) is 5.64. The summed E-state index contributed by atoms with van der Waals surface area (Å²) in [5, 5.41) is 6.04. The van der Waals surface area contributed by atoms with Gasteiger partial charge in [-0.05, 0) is 37.2 Å². The van der Waals surface area contributed by atoms with Crippen molar-refractivity contribution < 1.29 is 9.59 Å². The number of aryl methyl sites for hydroxylation is 1. The summed E-state index contributed by atoms with van der Waals surface area (Å²) in [5.74, 6) is 0.00373. The molecule has 2 rings (SSSR count). The van der Waals surface area contributed by atoms with E-state index in [4.69, 9.17) is 11.6 Å². The van der Waals surface area contributed by atoms with Crippen molar-refractivity contribution in [2.45, 2.75) is 13.3 Å². The molecule has 25 heavy (non-hydrogen) atoms. The van der Waals surface area contributed by atoms with Gasteiger partial charge in [-0.25, -0.2) is 4.98 Å². The molecular weight excluding hydrogens is 340 g/mol. The lowest BCUT2D eigenvalue weighted by Gasteiger charge is -2.16. The minimum absolute atomic E-state index is 0.0765. The van der Waals surface area contributed by atoms with E-state index < -0.39 is 0 Å². The van der Waals surface area contributed by atoms with E-state index in [9.17, 15) is 9.59 Å². The zero-order chi connectivity index (χ0) is 18.2. The predicted octanol–water partition coefficient (Wildman–Crippen LogP) is 2.81. The Bertz CT molecular complexity index is 734. The molecule has 0 spiro atoms. The molecule has 0 aliphatic carbocycles. The number of amides is 2. The molecule has 0 unspecified atom stereocenters. The highest BCUT2D eigenvalue weighted by Crippen LogP contribution is 2.15. The highest BCUT2D eigenvalue weighted by Gasteiger charge is 2.12. The molecular formula is C18H21ClN4O2. The van der Waals surface area contributed by atoms with Crippen LogP contribution in [0.3, 0.4) is 0 Å². The number of anilines is 2. The van der Waals surface area contributed by atoms with Crippen LogP contribution in [0.15, 0.2) is 42.6 Å². The number of nitrogens with one attached hydrogen (secondary N) is 2. The fraction of sp³-hybridized carbons (Fsp3) is 0.278. The molecule has 0 fully saturated rings. The average Bonchev–Trinajstić information content (AvgIpc) is 2.57. The number of nitrogens with zero attached hydrogens (tertiary/aromatic N) is 2. The third-order valence-electron chi connectivity index (χ3n) is 3.49. The minimum atomic E-state index is -0.251. The van der Waals surface area contributed by atoms with Gasteiger partial charge >= 0.3 is 0 Å². The first-order valence-corrected chi connectivity index (χ1v) is 8.33. The van der Waals surface area contributed by atoms with Crippen molar-refractivity contribution >= 4 is 34.9 Å². The van der Waals surface area contributed by atoms with Gasteiger partial charge in [-0.1, -0.05) is 36.7 Å². The largest absolute Gasteiger partial charge is 0.325 e. The lowest BCUT2D eigenvalue weighted by atomic mass is 10.1. The molecule has 1 aromatic heterocycles. The highest BCUT2D eigenvalue weighted by atomic mass is 35.5. The standard InChI is InChI=1S/C18H21ClN4O2/c1-3-13-6-4-5-7-15(13)21-17(24)11-23(2)12-18(25)22-16-9-8-14(19)10-20-16/h4-10H,3,11-12H2,1-2H3,(H,21,24)(H,20,22,25). The Balaban J connectivity index is 1.82. The summed E-state index contributed by atoms with van der Waals surface area (Å²) in [7, 11) is 1.71. The van der Waals surface area contributed by atoms with Crippen molar-refractivity contribution in [3.05, 3.63) is 53.2 Å². The molecule has 132 valence electrons. The average molecular weight is 361 g/mol. The van der Waals surface area contributed by atoms with E-state index in [-0.39, 0.29) is 24.9 Å². The van der Waals surface area contributed by atoms with Crippen LogP contribution in [-0.4, -0.2) is 41.8 Å². The number of carbonyl (C=O) groups is 2. The molecule has 7 heteroatoms. The second-order valence-corrected chi connectivity index (χ2v) is 6.08. The molecule has 1 heterocycles. The number of aromatic nitrogens is 1. The summed E-state index contributed by atoms with van der Waals surface area (Å²) in [6, 6.07) is 10.9. The first kappa shape index (κ1) is 18.9. The Hall–Kier alpha value is -2.44. The number of carbonyl (C=O) groups excluding carboxylic acids is 2. The van der Waals surface area contributed by atoms with E-state index in [1.807, 2.05) is 31.2 Å². The quantitative estimate of drug-likeness (QED) is 0.796. The summed E-state index contributed by atoms with van der Waals surface area (Å²) in [6.07, 6.45) is 2.29. The molecule has 2 N–H and O–H groups in total.